The van der Waals surface area contributed by atoms with E-state index in [2.05, 4.69) is 4.98 Å². The molecule has 0 amide bonds. The average Bonchev–Trinajstić information content (AvgIpc) is 2.42. The summed E-state index contributed by atoms with van der Waals surface area (Å²) in [6, 6.07) is 10.4. The Balaban J connectivity index is 2.39. The third-order valence-corrected chi connectivity index (χ3v) is 3.14. The number of aromatic amines is 1. The van der Waals surface area contributed by atoms with E-state index in [1.54, 1.807) is 12.1 Å². The molecule has 2 aromatic carbocycles. The topological polar surface area (TPSA) is 54.9 Å². The molecule has 0 saturated carbocycles. The van der Waals surface area contributed by atoms with Crippen molar-refractivity contribution in [3.63, 3.8) is 0 Å². The lowest BCUT2D eigenvalue weighted by molar-refractivity contribution is 0.627. The fourth-order valence-corrected chi connectivity index (χ4v) is 2.15. The van der Waals surface area contributed by atoms with Crippen LogP contribution in [0.3, 0.4) is 0 Å². The van der Waals surface area contributed by atoms with Crippen molar-refractivity contribution in [1.29, 1.82) is 0 Å². The van der Waals surface area contributed by atoms with Gasteiger partial charge in [0.1, 0.15) is 5.82 Å². The number of fused-ring (bicyclic) bond motifs is 1. The molecule has 1 aromatic heterocycles. The first-order valence-electron chi connectivity index (χ1n) is 6.08. The second kappa shape index (κ2) is 4.45. The molecule has 20 heavy (non-hydrogen) atoms. The van der Waals surface area contributed by atoms with Crippen LogP contribution in [0.4, 0.5) is 4.39 Å². The first kappa shape index (κ1) is 12.3. The maximum absolute atomic E-state index is 12.9. The summed E-state index contributed by atoms with van der Waals surface area (Å²) < 4.78 is 13.9. The third kappa shape index (κ3) is 1.93. The number of aromatic nitrogens is 2. The van der Waals surface area contributed by atoms with Crippen LogP contribution in [-0.2, 0) is 0 Å². The van der Waals surface area contributed by atoms with Crippen molar-refractivity contribution in [1.82, 2.24) is 9.55 Å². The molecule has 3 rings (SSSR count). The molecule has 0 aliphatic carbocycles. The van der Waals surface area contributed by atoms with Crippen LogP contribution in [0.1, 0.15) is 5.56 Å². The molecule has 0 saturated heterocycles. The number of aryl methyl sites for hydroxylation is 1. The standard InChI is InChI=1S/C15H11FN2O2/c1-9-2-7-13-12(8-9)14(19)18(15(20)17-13)11-5-3-10(16)4-6-11/h2-8H,1H3,(H,17,20). The van der Waals surface area contributed by atoms with Gasteiger partial charge in [-0.3, -0.25) is 4.79 Å². The average molecular weight is 270 g/mol. The van der Waals surface area contributed by atoms with E-state index in [9.17, 15) is 14.0 Å². The van der Waals surface area contributed by atoms with Gasteiger partial charge >= 0.3 is 5.69 Å². The Labute approximate surface area is 113 Å². The lowest BCUT2D eigenvalue weighted by Gasteiger charge is -2.06. The molecule has 0 spiro atoms. The van der Waals surface area contributed by atoms with E-state index < -0.39 is 17.1 Å². The molecular formula is C15H11FN2O2. The lowest BCUT2D eigenvalue weighted by Crippen LogP contribution is -2.33. The zero-order valence-corrected chi connectivity index (χ0v) is 10.7. The van der Waals surface area contributed by atoms with Gasteiger partial charge in [-0.05, 0) is 43.3 Å². The van der Waals surface area contributed by atoms with Crippen LogP contribution in [-0.4, -0.2) is 9.55 Å². The Hall–Kier alpha value is -2.69. The number of benzene rings is 2. The van der Waals surface area contributed by atoms with E-state index in [-0.39, 0.29) is 0 Å². The highest BCUT2D eigenvalue weighted by atomic mass is 19.1. The molecule has 0 aliphatic heterocycles. The predicted octanol–water partition coefficient (Wildman–Crippen LogP) is 2.13. The number of nitrogens with one attached hydrogen (secondary N) is 1. The van der Waals surface area contributed by atoms with E-state index in [1.165, 1.54) is 24.3 Å². The maximum Gasteiger partial charge on any atom is 0.333 e. The monoisotopic (exact) mass is 270 g/mol. The highest BCUT2D eigenvalue weighted by Crippen LogP contribution is 2.10. The van der Waals surface area contributed by atoms with Gasteiger partial charge in [0.05, 0.1) is 16.6 Å². The van der Waals surface area contributed by atoms with Crippen molar-refractivity contribution in [2.75, 3.05) is 0 Å². The fraction of sp³-hybridized carbons (Fsp3) is 0.0667. The molecule has 0 bridgehead atoms. The van der Waals surface area contributed by atoms with Gasteiger partial charge in [-0.25, -0.2) is 13.8 Å². The van der Waals surface area contributed by atoms with E-state index in [0.29, 0.717) is 16.6 Å². The summed E-state index contributed by atoms with van der Waals surface area (Å²) in [6.07, 6.45) is 0. The molecule has 0 unspecified atom stereocenters. The van der Waals surface area contributed by atoms with Crippen LogP contribution in [0.5, 0.6) is 0 Å². The minimum Gasteiger partial charge on any atom is -0.306 e. The Kier molecular flexibility index (Phi) is 2.75. The second-order valence-electron chi connectivity index (χ2n) is 4.60. The number of hydrogen-bond acceptors (Lipinski definition) is 2. The van der Waals surface area contributed by atoms with Crippen molar-refractivity contribution in [2.24, 2.45) is 0 Å². The Morgan fingerprint density at radius 2 is 1.75 bits per heavy atom. The minimum atomic E-state index is -0.544. The molecule has 1 heterocycles. The van der Waals surface area contributed by atoms with E-state index in [4.69, 9.17) is 0 Å². The van der Waals surface area contributed by atoms with Gasteiger partial charge in [-0.1, -0.05) is 11.6 Å². The minimum absolute atomic E-state index is 0.334. The molecule has 4 nitrogen and oxygen atoms in total. The van der Waals surface area contributed by atoms with Crippen LogP contribution < -0.4 is 11.2 Å². The molecule has 0 aliphatic rings. The lowest BCUT2D eigenvalue weighted by atomic mass is 10.1. The predicted molar refractivity (Wildman–Crippen MR) is 74.9 cm³/mol. The van der Waals surface area contributed by atoms with Crippen LogP contribution in [0.2, 0.25) is 0 Å². The summed E-state index contributed by atoms with van der Waals surface area (Å²) in [5.41, 5.74) is 0.786. The summed E-state index contributed by atoms with van der Waals surface area (Å²) in [4.78, 5) is 27.1. The normalized spacial score (nSPS) is 10.9. The number of rotatable bonds is 1. The number of hydrogen-bond donors (Lipinski definition) is 1. The summed E-state index contributed by atoms with van der Waals surface area (Å²) in [7, 11) is 0. The molecule has 1 N–H and O–H groups in total. The van der Waals surface area contributed by atoms with Crippen molar-refractivity contribution >= 4 is 10.9 Å². The second-order valence-corrected chi connectivity index (χ2v) is 4.60. The molecule has 0 radical (unpaired) electrons. The number of nitrogens with zero attached hydrogens (tertiary/aromatic N) is 1. The molecule has 100 valence electrons. The smallest absolute Gasteiger partial charge is 0.306 e. The van der Waals surface area contributed by atoms with Gasteiger partial charge in [0.25, 0.3) is 5.56 Å². The van der Waals surface area contributed by atoms with Gasteiger partial charge in [-0.15, -0.1) is 0 Å². The quantitative estimate of drug-likeness (QED) is 0.736. The van der Waals surface area contributed by atoms with E-state index >= 15 is 0 Å². The fourth-order valence-electron chi connectivity index (χ4n) is 2.15. The van der Waals surface area contributed by atoms with E-state index in [0.717, 1.165) is 10.1 Å². The highest BCUT2D eigenvalue weighted by molar-refractivity contribution is 5.78. The third-order valence-electron chi connectivity index (χ3n) is 3.14. The van der Waals surface area contributed by atoms with Gasteiger partial charge in [0, 0.05) is 0 Å². The Morgan fingerprint density at radius 3 is 2.45 bits per heavy atom. The zero-order valence-electron chi connectivity index (χ0n) is 10.7. The van der Waals surface area contributed by atoms with Crippen molar-refractivity contribution in [2.45, 2.75) is 6.92 Å². The molecule has 3 aromatic rings. The van der Waals surface area contributed by atoms with Gasteiger partial charge in [0.2, 0.25) is 0 Å². The molecule has 0 atom stereocenters. The maximum atomic E-state index is 12.9. The van der Waals surface area contributed by atoms with Gasteiger partial charge in [0.15, 0.2) is 0 Å². The van der Waals surface area contributed by atoms with Gasteiger partial charge in [-0.2, -0.15) is 0 Å². The molecular weight excluding hydrogens is 259 g/mol. The number of H-pyrrole nitrogens is 1. The van der Waals surface area contributed by atoms with Crippen LogP contribution in [0, 0.1) is 12.7 Å². The highest BCUT2D eigenvalue weighted by Gasteiger charge is 2.09. The summed E-state index contributed by atoms with van der Waals surface area (Å²) >= 11 is 0. The molecule has 5 heteroatoms. The van der Waals surface area contributed by atoms with Crippen molar-refractivity contribution < 1.29 is 4.39 Å². The van der Waals surface area contributed by atoms with E-state index in [1.807, 2.05) is 13.0 Å². The Morgan fingerprint density at radius 1 is 1.05 bits per heavy atom. The van der Waals surface area contributed by atoms with Crippen molar-refractivity contribution in [3.8, 4) is 5.69 Å². The summed E-state index contributed by atoms with van der Waals surface area (Å²) in [5.74, 6) is -0.421. The SMILES string of the molecule is Cc1ccc2[nH]c(=O)n(-c3ccc(F)cc3)c(=O)c2c1. The zero-order chi connectivity index (χ0) is 14.3. The molecule has 0 fully saturated rings. The Bertz CT molecular complexity index is 908. The largest absolute Gasteiger partial charge is 0.333 e. The van der Waals surface area contributed by atoms with Crippen LogP contribution in [0.25, 0.3) is 16.6 Å². The van der Waals surface area contributed by atoms with Gasteiger partial charge < -0.3 is 4.98 Å². The number of halogens is 1. The summed E-state index contributed by atoms with van der Waals surface area (Å²) in [6.45, 7) is 1.87. The van der Waals surface area contributed by atoms with Crippen LogP contribution >= 0.6 is 0 Å². The van der Waals surface area contributed by atoms with Crippen LogP contribution in [0.15, 0.2) is 52.1 Å². The first-order chi connectivity index (χ1) is 9.56. The van der Waals surface area contributed by atoms with Crippen molar-refractivity contribution in [3.05, 3.63) is 74.7 Å². The first-order valence-corrected chi connectivity index (χ1v) is 6.08. The summed E-state index contributed by atoms with van der Waals surface area (Å²) in [5, 5.41) is 0.425.